The number of hydrogen-bond acceptors (Lipinski definition) is 9. The average Bonchev–Trinajstić information content (AvgIpc) is 3.13. The summed E-state index contributed by atoms with van der Waals surface area (Å²) in [4.78, 5) is 41.1. The maximum absolute atomic E-state index is 12.9. The Morgan fingerprint density at radius 3 is 2.68 bits per heavy atom. The molecule has 0 spiro atoms. The predicted octanol–water partition coefficient (Wildman–Crippen LogP) is 1.35. The first-order valence-corrected chi connectivity index (χ1v) is 10.8. The summed E-state index contributed by atoms with van der Waals surface area (Å²) < 4.78 is 1.94. The first kappa shape index (κ1) is 22.0. The van der Waals surface area contributed by atoms with E-state index < -0.39 is 11.2 Å². The molecule has 0 aliphatic rings. The van der Waals surface area contributed by atoms with Gasteiger partial charge in [0.15, 0.2) is 10.0 Å². The molecule has 28 heavy (non-hydrogen) atoms. The van der Waals surface area contributed by atoms with Crippen molar-refractivity contribution in [2.45, 2.75) is 44.0 Å². The Bertz CT molecular complexity index is 922. The van der Waals surface area contributed by atoms with Gasteiger partial charge in [-0.25, -0.2) is 4.79 Å². The Kier molecular flexibility index (Phi) is 8.05. The topological polar surface area (TPSA) is 139 Å². The molecule has 0 aliphatic heterocycles. The minimum Gasteiger partial charge on any atom is -0.383 e. The molecule has 2 heterocycles. The lowest BCUT2D eigenvalue weighted by atomic mass is 10.2. The molecule has 1 amide bonds. The van der Waals surface area contributed by atoms with Gasteiger partial charge in [0.1, 0.15) is 5.82 Å². The molecule has 0 radical (unpaired) electrons. The van der Waals surface area contributed by atoms with Crippen molar-refractivity contribution in [3.05, 3.63) is 20.8 Å². The van der Waals surface area contributed by atoms with Gasteiger partial charge in [0.25, 0.3) is 5.56 Å². The third kappa shape index (κ3) is 5.13. The molecule has 0 saturated heterocycles. The molecule has 0 aromatic carbocycles. The minimum absolute atomic E-state index is 0.0124. The van der Waals surface area contributed by atoms with Gasteiger partial charge >= 0.3 is 5.69 Å². The second-order valence-corrected chi connectivity index (χ2v) is 8.16. The quantitative estimate of drug-likeness (QED) is 0.483. The summed E-state index contributed by atoms with van der Waals surface area (Å²) in [5.74, 6) is -0.189. The van der Waals surface area contributed by atoms with Crippen LogP contribution in [-0.2, 0) is 11.3 Å². The molecule has 2 rings (SSSR count). The zero-order chi connectivity index (χ0) is 20.7. The van der Waals surface area contributed by atoms with Crippen LogP contribution in [-0.4, -0.2) is 45.0 Å². The van der Waals surface area contributed by atoms with E-state index in [4.69, 9.17) is 5.73 Å². The van der Waals surface area contributed by atoms with Gasteiger partial charge < -0.3 is 16.0 Å². The molecule has 12 heteroatoms. The zero-order valence-electron chi connectivity index (χ0n) is 16.2. The van der Waals surface area contributed by atoms with Gasteiger partial charge in [-0.3, -0.25) is 19.1 Å². The molecular weight excluding hydrogens is 402 g/mol. The Labute approximate surface area is 170 Å². The first-order valence-electron chi connectivity index (χ1n) is 8.99. The third-order valence-corrected chi connectivity index (χ3v) is 5.97. The zero-order valence-corrected chi connectivity index (χ0v) is 17.8. The van der Waals surface area contributed by atoms with E-state index in [1.54, 1.807) is 7.05 Å². The second kappa shape index (κ2) is 10.3. The van der Waals surface area contributed by atoms with Crippen LogP contribution in [0, 0.1) is 0 Å². The number of nitrogens with one attached hydrogen (secondary N) is 2. The lowest BCUT2D eigenvalue weighted by molar-refractivity contribution is -0.116. The van der Waals surface area contributed by atoms with Crippen molar-refractivity contribution in [1.29, 1.82) is 0 Å². The molecule has 10 nitrogen and oxygen atoms in total. The number of H-pyrrole nitrogens is 1. The van der Waals surface area contributed by atoms with Gasteiger partial charge in [-0.15, -0.1) is 10.2 Å². The van der Waals surface area contributed by atoms with Crippen molar-refractivity contribution >= 4 is 45.6 Å². The molecule has 0 fully saturated rings. The fraction of sp³-hybridized carbons (Fsp3) is 0.562. The number of thioether (sulfide) groups is 1. The SMILES string of the molecule is CCCCN(C(=O)CSc1nnc(NC)s1)c1c(N)n(CCC)c(=O)[nH]c1=O. The lowest BCUT2D eigenvalue weighted by Crippen LogP contribution is -2.42. The van der Waals surface area contributed by atoms with Crippen LogP contribution in [0.3, 0.4) is 0 Å². The van der Waals surface area contributed by atoms with E-state index in [1.807, 2.05) is 13.8 Å². The highest BCUT2D eigenvalue weighted by atomic mass is 32.2. The molecule has 154 valence electrons. The largest absolute Gasteiger partial charge is 0.383 e. The summed E-state index contributed by atoms with van der Waals surface area (Å²) >= 11 is 2.58. The van der Waals surface area contributed by atoms with Crippen LogP contribution in [0.1, 0.15) is 33.1 Å². The molecule has 4 N–H and O–H groups in total. The number of nitrogens with zero attached hydrogens (tertiary/aromatic N) is 4. The molecule has 0 saturated carbocycles. The summed E-state index contributed by atoms with van der Waals surface area (Å²) in [5, 5.41) is 11.5. The fourth-order valence-electron chi connectivity index (χ4n) is 2.53. The van der Waals surface area contributed by atoms with Gasteiger partial charge in [0.05, 0.1) is 5.75 Å². The van der Waals surface area contributed by atoms with E-state index >= 15 is 0 Å². The van der Waals surface area contributed by atoms with E-state index in [0.29, 0.717) is 35.4 Å². The number of carbonyl (C=O) groups is 1. The highest BCUT2D eigenvalue weighted by Crippen LogP contribution is 2.26. The van der Waals surface area contributed by atoms with Crippen LogP contribution >= 0.6 is 23.1 Å². The number of unbranched alkanes of at least 4 members (excludes halogenated alkanes) is 1. The molecule has 2 aromatic rings. The van der Waals surface area contributed by atoms with E-state index in [1.165, 1.54) is 32.6 Å². The average molecular weight is 428 g/mol. The maximum Gasteiger partial charge on any atom is 0.330 e. The number of anilines is 3. The van der Waals surface area contributed by atoms with E-state index in [2.05, 4.69) is 20.5 Å². The summed E-state index contributed by atoms with van der Waals surface area (Å²) in [6.07, 6.45) is 2.20. The summed E-state index contributed by atoms with van der Waals surface area (Å²) in [5.41, 5.74) is 4.93. The standard InChI is InChI=1S/C16H25N7O3S2/c1-4-6-8-22(10(24)9-27-16-21-20-14(18-3)28-16)11-12(17)23(7-5-2)15(26)19-13(11)25/h4-9,17H2,1-3H3,(H,18,20)(H,19,25,26). The third-order valence-electron chi connectivity index (χ3n) is 3.91. The maximum atomic E-state index is 12.9. The predicted molar refractivity (Wildman–Crippen MR) is 113 cm³/mol. The molecule has 0 atom stereocenters. The number of carbonyl (C=O) groups excluding carboxylic acids is 1. The smallest absolute Gasteiger partial charge is 0.330 e. The number of amides is 1. The molecule has 0 aliphatic carbocycles. The molecule has 0 unspecified atom stereocenters. The highest BCUT2D eigenvalue weighted by molar-refractivity contribution is 8.01. The van der Waals surface area contributed by atoms with Crippen molar-refractivity contribution in [2.24, 2.45) is 0 Å². The Balaban J connectivity index is 2.32. The van der Waals surface area contributed by atoms with Crippen LogP contribution in [0.25, 0.3) is 0 Å². The van der Waals surface area contributed by atoms with Crippen molar-refractivity contribution in [1.82, 2.24) is 19.7 Å². The Morgan fingerprint density at radius 2 is 2.07 bits per heavy atom. The summed E-state index contributed by atoms with van der Waals surface area (Å²) in [6.45, 7) is 4.58. The van der Waals surface area contributed by atoms with Gasteiger partial charge in [0, 0.05) is 20.1 Å². The van der Waals surface area contributed by atoms with Crippen molar-refractivity contribution in [2.75, 3.05) is 35.3 Å². The van der Waals surface area contributed by atoms with Crippen molar-refractivity contribution in [3.8, 4) is 0 Å². The number of rotatable bonds is 10. The Morgan fingerprint density at radius 1 is 1.32 bits per heavy atom. The van der Waals surface area contributed by atoms with Crippen LogP contribution in [0.5, 0.6) is 0 Å². The van der Waals surface area contributed by atoms with E-state index in [9.17, 15) is 14.4 Å². The molecule has 0 bridgehead atoms. The van der Waals surface area contributed by atoms with Gasteiger partial charge in [-0.1, -0.05) is 43.4 Å². The van der Waals surface area contributed by atoms with Crippen LogP contribution < -0.4 is 27.2 Å². The molecule has 2 aromatic heterocycles. The van der Waals surface area contributed by atoms with Crippen molar-refractivity contribution in [3.63, 3.8) is 0 Å². The summed E-state index contributed by atoms with van der Waals surface area (Å²) in [6, 6.07) is 0. The van der Waals surface area contributed by atoms with Crippen LogP contribution in [0.4, 0.5) is 16.6 Å². The number of aromatic amines is 1. The van der Waals surface area contributed by atoms with Gasteiger partial charge in [-0.05, 0) is 12.8 Å². The van der Waals surface area contributed by atoms with Gasteiger partial charge in [0.2, 0.25) is 11.0 Å². The highest BCUT2D eigenvalue weighted by Gasteiger charge is 2.24. The number of nitrogen functional groups attached to an aromatic ring is 1. The normalized spacial score (nSPS) is 10.8. The number of aromatic nitrogens is 4. The van der Waals surface area contributed by atoms with E-state index in [-0.39, 0.29) is 23.2 Å². The monoisotopic (exact) mass is 427 g/mol. The Hall–Kier alpha value is -2.34. The number of hydrogen-bond donors (Lipinski definition) is 3. The van der Waals surface area contributed by atoms with Crippen molar-refractivity contribution < 1.29 is 4.79 Å². The number of nitrogens with two attached hydrogens (primary N) is 1. The first-order chi connectivity index (χ1) is 13.4. The van der Waals surface area contributed by atoms with Crippen LogP contribution in [0.15, 0.2) is 13.9 Å². The fourth-order valence-corrected chi connectivity index (χ4v) is 4.11. The molecular formula is C16H25N7O3S2. The lowest BCUT2D eigenvalue weighted by Gasteiger charge is -2.24. The van der Waals surface area contributed by atoms with Crippen LogP contribution in [0.2, 0.25) is 0 Å². The minimum atomic E-state index is -0.655. The summed E-state index contributed by atoms with van der Waals surface area (Å²) in [7, 11) is 1.74. The van der Waals surface area contributed by atoms with E-state index in [0.717, 1.165) is 6.42 Å². The second-order valence-electron chi connectivity index (χ2n) is 5.96. The van der Waals surface area contributed by atoms with Gasteiger partial charge in [-0.2, -0.15) is 0 Å².